The summed E-state index contributed by atoms with van der Waals surface area (Å²) in [6.07, 6.45) is 0.951. The van der Waals surface area contributed by atoms with E-state index in [1.807, 2.05) is 0 Å². The van der Waals surface area contributed by atoms with E-state index in [1.54, 1.807) is 18.2 Å². The van der Waals surface area contributed by atoms with Crippen molar-refractivity contribution in [2.45, 2.75) is 17.7 Å². The molecule has 6 nitrogen and oxygen atoms in total. The molecule has 8 heteroatoms. The average molecular weight is 389 g/mol. The minimum atomic E-state index is -3.55. The summed E-state index contributed by atoms with van der Waals surface area (Å²) in [6, 6.07) is 11.8. The van der Waals surface area contributed by atoms with Crippen molar-refractivity contribution < 1.29 is 27.1 Å². The number of sulfone groups is 1. The number of aryl methyl sites for hydroxylation is 1. The highest BCUT2D eigenvalue weighted by Crippen LogP contribution is 2.36. The van der Waals surface area contributed by atoms with Gasteiger partial charge >= 0.3 is 5.97 Å². The Hall–Kier alpha value is -3.00. The molecule has 0 unspecified atom stereocenters. The normalized spacial score (nSPS) is 11.5. The molecule has 0 fully saturated rings. The smallest absolute Gasteiger partial charge is 0.303 e. The van der Waals surface area contributed by atoms with E-state index in [0.717, 1.165) is 6.26 Å². The number of aromatic nitrogens is 1. The monoisotopic (exact) mass is 389 g/mol. The Kier molecular flexibility index (Phi) is 5.09. The van der Waals surface area contributed by atoms with Gasteiger partial charge < -0.3 is 9.52 Å². The summed E-state index contributed by atoms with van der Waals surface area (Å²) in [4.78, 5) is 15.2. The van der Waals surface area contributed by atoms with Gasteiger partial charge in [-0.2, -0.15) is 0 Å². The van der Waals surface area contributed by atoms with Gasteiger partial charge in [0.05, 0.1) is 11.3 Å². The molecular weight excluding hydrogens is 373 g/mol. The van der Waals surface area contributed by atoms with E-state index in [-0.39, 0.29) is 29.4 Å². The Labute approximate surface area is 155 Å². The van der Waals surface area contributed by atoms with E-state index in [2.05, 4.69) is 4.98 Å². The van der Waals surface area contributed by atoms with Crippen molar-refractivity contribution in [1.82, 2.24) is 4.98 Å². The zero-order chi connectivity index (χ0) is 19.6. The van der Waals surface area contributed by atoms with Crippen LogP contribution in [0.4, 0.5) is 4.39 Å². The first-order valence-corrected chi connectivity index (χ1v) is 9.92. The molecule has 0 saturated carbocycles. The first kappa shape index (κ1) is 18.8. The summed E-state index contributed by atoms with van der Waals surface area (Å²) in [5.41, 5.74) is 1.17. The van der Waals surface area contributed by atoms with Crippen LogP contribution >= 0.6 is 0 Å². The van der Waals surface area contributed by atoms with Crippen molar-refractivity contribution in [3.63, 3.8) is 0 Å². The molecule has 0 amide bonds. The summed E-state index contributed by atoms with van der Waals surface area (Å²) in [6.45, 7) is 0. The SMILES string of the molecule is CS(=O)(=O)c1ccccc1-c1oc(CCC(=O)O)nc1-c1ccc(F)cc1. The predicted octanol–water partition coefficient (Wildman–Crippen LogP) is 3.57. The summed E-state index contributed by atoms with van der Waals surface area (Å²) >= 11 is 0. The van der Waals surface area contributed by atoms with Crippen LogP contribution in [0.1, 0.15) is 12.3 Å². The van der Waals surface area contributed by atoms with E-state index in [1.165, 1.54) is 30.3 Å². The van der Waals surface area contributed by atoms with Crippen molar-refractivity contribution in [1.29, 1.82) is 0 Å². The molecule has 2 aromatic carbocycles. The number of nitrogens with zero attached hydrogens (tertiary/aromatic N) is 1. The quantitative estimate of drug-likeness (QED) is 0.692. The highest BCUT2D eigenvalue weighted by atomic mass is 32.2. The second-order valence-electron chi connectivity index (χ2n) is 5.95. The van der Waals surface area contributed by atoms with Gasteiger partial charge in [-0.3, -0.25) is 4.79 Å². The van der Waals surface area contributed by atoms with Gasteiger partial charge in [0.1, 0.15) is 11.5 Å². The largest absolute Gasteiger partial charge is 0.481 e. The summed E-state index contributed by atoms with van der Waals surface area (Å²) in [7, 11) is -3.55. The highest BCUT2D eigenvalue weighted by Gasteiger charge is 2.23. The molecule has 0 spiro atoms. The molecule has 0 aliphatic carbocycles. The van der Waals surface area contributed by atoms with Crippen LogP contribution in [0, 0.1) is 5.82 Å². The minimum absolute atomic E-state index is 0.0462. The fourth-order valence-corrected chi connectivity index (χ4v) is 3.53. The second kappa shape index (κ2) is 7.32. The van der Waals surface area contributed by atoms with Gasteiger partial charge in [0, 0.05) is 23.8 Å². The van der Waals surface area contributed by atoms with Crippen LogP contribution in [0.3, 0.4) is 0 Å². The molecular formula is C19H16FNO5S. The lowest BCUT2D eigenvalue weighted by atomic mass is 10.1. The molecule has 0 aliphatic heterocycles. The Balaban J connectivity index is 2.19. The van der Waals surface area contributed by atoms with Crippen LogP contribution in [-0.4, -0.2) is 30.7 Å². The molecule has 0 aliphatic rings. The van der Waals surface area contributed by atoms with Gasteiger partial charge in [0.2, 0.25) is 0 Å². The molecule has 3 aromatic rings. The number of carbonyl (C=O) groups is 1. The molecule has 27 heavy (non-hydrogen) atoms. The number of hydrogen-bond donors (Lipinski definition) is 1. The van der Waals surface area contributed by atoms with Gasteiger partial charge in [0.25, 0.3) is 0 Å². The van der Waals surface area contributed by atoms with Crippen LogP contribution < -0.4 is 0 Å². The number of benzene rings is 2. The maximum Gasteiger partial charge on any atom is 0.303 e. The van der Waals surface area contributed by atoms with Crippen LogP contribution in [0.2, 0.25) is 0 Å². The Bertz CT molecular complexity index is 1090. The lowest BCUT2D eigenvalue weighted by Crippen LogP contribution is -1.99. The number of aliphatic carboxylic acids is 1. The van der Waals surface area contributed by atoms with E-state index in [9.17, 15) is 17.6 Å². The van der Waals surface area contributed by atoms with Crippen molar-refractivity contribution in [2.24, 2.45) is 0 Å². The molecule has 140 valence electrons. The van der Waals surface area contributed by atoms with Crippen LogP contribution in [0.25, 0.3) is 22.6 Å². The number of halogens is 1. The summed E-state index contributed by atoms with van der Waals surface area (Å²) in [5, 5.41) is 8.88. The number of carboxylic acid groups (broad SMARTS) is 1. The predicted molar refractivity (Wildman–Crippen MR) is 96.4 cm³/mol. The number of carboxylic acids is 1. The molecule has 0 atom stereocenters. The summed E-state index contributed by atoms with van der Waals surface area (Å²) < 4.78 is 43.3. The van der Waals surface area contributed by atoms with Crippen LogP contribution in [0.5, 0.6) is 0 Å². The fourth-order valence-electron chi connectivity index (χ4n) is 2.65. The molecule has 3 rings (SSSR count). The van der Waals surface area contributed by atoms with Gasteiger partial charge in [0.15, 0.2) is 21.5 Å². The van der Waals surface area contributed by atoms with Crippen LogP contribution in [0.15, 0.2) is 57.8 Å². The Morgan fingerprint density at radius 2 is 1.81 bits per heavy atom. The molecule has 0 radical (unpaired) electrons. The van der Waals surface area contributed by atoms with E-state index in [4.69, 9.17) is 9.52 Å². The second-order valence-corrected chi connectivity index (χ2v) is 7.94. The third kappa shape index (κ3) is 4.22. The van der Waals surface area contributed by atoms with Gasteiger partial charge in [-0.15, -0.1) is 0 Å². The van der Waals surface area contributed by atoms with Crippen LogP contribution in [-0.2, 0) is 21.1 Å². The third-order valence-corrected chi connectivity index (χ3v) is 5.03. The number of oxazole rings is 1. The Morgan fingerprint density at radius 1 is 1.15 bits per heavy atom. The van der Waals surface area contributed by atoms with Crippen molar-refractivity contribution in [3.8, 4) is 22.6 Å². The van der Waals surface area contributed by atoms with Crippen molar-refractivity contribution in [3.05, 3.63) is 60.2 Å². The van der Waals surface area contributed by atoms with Crippen molar-refractivity contribution >= 4 is 15.8 Å². The highest BCUT2D eigenvalue weighted by molar-refractivity contribution is 7.90. The zero-order valence-electron chi connectivity index (χ0n) is 14.3. The van der Waals surface area contributed by atoms with Crippen molar-refractivity contribution in [2.75, 3.05) is 6.26 Å². The van der Waals surface area contributed by atoms with E-state index in [0.29, 0.717) is 16.8 Å². The topological polar surface area (TPSA) is 97.5 Å². The van der Waals surface area contributed by atoms with E-state index >= 15 is 0 Å². The third-order valence-electron chi connectivity index (χ3n) is 3.87. The first-order chi connectivity index (χ1) is 12.8. The molecule has 0 saturated heterocycles. The Morgan fingerprint density at radius 3 is 2.44 bits per heavy atom. The fraction of sp³-hybridized carbons (Fsp3) is 0.158. The van der Waals surface area contributed by atoms with Gasteiger partial charge in [-0.25, -0.2) is 17.8 Å². The maximum atomic E-state index is 13.3. The lowest BCUT2D eigenvalue weighted by Gasteiger charge is -2.07. The molecule has 1 aromatic heterocycles. The van der Waals surface area contributed by atoms with E-state index < -0.39 is 21.6 Å². The average Bonchev–Trinajstić information content (AvgIpc) is 3.04. The molecule has 1 heterocycles. The maximum absolute atomic E-state index is 13.3. The number of rotatable bonds is 6. The standard InChI is InChI=1S/C19H16FNO5S/c1-27(24,25)15-5-3-2-4-14(15)19-18(12-6-8-13(20)9-7-12)21-16(26-19)10-11-17(22)23/h2-9H,10-11H2,1H3,(H,22,23). The number of hydrogen-bond acceptors (Lipinski definition) is 5. The summed E-state index contributed by atoms with van der Waals surface area (Å²) in [5.74, 6) is -1.07. The first-order valence-electron chi connectivity index (χ1n) is 8.02. The molecule has 1 N–H and O–H groups in total. The minimum Gasteiger partial charge on any atom is -0.481 e. The zero-order valence-corrected chi connectivity index (χ0v) is 15.2. The van der Waals surface area contributed by atoms with Gasteiger partial charge in [-0.05, 0) is 36.4 Å². The lowest BCUT2D eigenvalue weighted by molar-refractivity contribution is -0.137. The van der Waals surface area contributed by atoms with Gasteiger partial charge in [-0.1, -0.05) is 12.1 Å². The molecule has 0 bridgehead atoms.